The highest BCUT2D eigenvalue weighted by atomic mass is 19.2. The summed E-state index contributed by atoms with van der Waals surface area (Å²) in [5.74, 6) is -1.67. The quantitative estimate of drug-likeness (QED) is 0.828. The van der Waals surface area contributed by atoms with Crippen LogP contribution in [0.15, 0.2) is 18.2 Å². The van der Waals surface area contributed by atoms with Crippen LogP contribution >= 0.6 is 0 Å². The molecule has 0 spiro atoms. The van der Waals surface area contributed by atoms with Crippen LogP contribution < -0.4 is 5.32 Å². The van der Waals surface area contributed by atoms with E-state index in [-0.39, 0.29) is 18.2 Å². The van der Waals surface area contributed by atoms with Gasteiger partial charge in [-0.05, 0) is 13.0 Å². The molecule has 1 rings (SSSR count). The molecule has 0 aromatic heterocycles. The number of benzene rings is 1. The molecule has 1 aromatic carbocycles. The second kappa shape index (κ2) is 5.42. The lowest BCUT2D eigenvalue weighted by molar-refractivity contribution is 0.482. The molecule has 1 atom stereocenters. The van der Waals surface area contributed by atoms with Gasteiger partial charge >= 0.3 is 0 Å². The van der Waals surface area contributed by atoms with Crippen LogP contribution in [0.25, 0.3) is 0 Å². The third-order valence-electron chi connectivity index (χ3n) is 2.07. The summed E-state index contributed by atoms with van der Waals surface area (Å²) in [7, 11) is 0. The molecule has 0 aliphatic carbocycles. The van der Waals surface area contributed by atoms with E-state index in [1.807, 2.05) is 13.0 Å². The van der Waals surface area contributed by atoms with E-state index in [0.29, 0.717) is 6.42 Å². The van der Waals surface area contributed by atoms with Crippen LogP contribution in [0.5, 0.6) is 0 Å². The topological polar surface area (TPSA) is 35.8 Å². The van der Waals surface area contributed by atoms with Gasteiger partial charge in [-0.15, -0.1) is 0 Å². The van der Waals surface area contributed by atoms with Crippen molar-refractivity contribution in [2.75, 3.05) is 0 Å². The maximum Gasteiger partial charge on any atom is 0.163 e. The van der Waals surface area contributed by atoms with Crippen molar-refractivity contribution in [3.63, 3.8) is 0 Å². The van der Waals surface area contributed by atoms with E-state index in [2.05, 4.69) is 5.32 Å². The number of hydrogen-bond donors (Lipinski definition) is 1. The summed E-state index contributed by atoms with van der Waals surface area (Å²) >= 11 is 0. The molecule has 0 heterocycles. The molecule has 15 heavy (non-hydrogen) atoms. The molecule has 0 aliphatic rings. The molecule has 4 heteroatoms. The Hall–Kier alpha value is -1.47. The maximum atomic E-state index is 13.2. The minimum Gasteiger partial charge on any atom is -0.309 e. The van der Waals surface area contributed by atoms with Gasteiger partial charge in [0.05, 0.1) is 12.5 Å². The van der Waals surface area contributed by atoms with E-state index in [1.54, 1.807) is 0 Å². The van der Waals surface area contributed by atoms with Crippen LogP contribution in [0, 0.1) is 23.0 Å². The van der Waals surface area contributed by atoms with Gasteiger partial charge in [0.15, 0.2) is 11.6 Å². The van der Waals surface area contributed by atoms with Gasteiger partial charge in [0.1, 0.15) is 0 Å². The number of nitrogens with zero attached hydrogens (tertiary/aromatic N) is 1. The van der Waals surface area contributed by atoms with Gasteiger partial charge in [-0.2, -0.15) is 5.26 Å². The van der Waals surface area contributed by atoms with Crippen LogP contribution in [-0.2, 0) is 6.54 Å². The van der Waals surface area contributed by atoms with Crippen LogP contribution in [-0.4, -0.2) is 6.04 Å². The van der Waals surface area contributed by atoms with Crippen LogP contribution in [0.3, 0.4) is 0 Å². The highest BCUT2D eigenvalue weighted by Crippen LogP contribution is 2.11. The molecule has 0 fully saturated rings. The lowest BCUT2D eigenvalue weighted by Gasteiger charge is -2.10. The number of rotatable bonds is 4. The average molecular weight is 210 g/mol. The molecule has 1 aromatic rings. The summed E-state index contributed by atoms with van der Waals surface area (Å²) < 4.78 is 26.0. The summed E-state index contributed by atoms with van der Waals surface area (Å²) in [5.41, 5.74) is 0.278. The van der Waals surface area contributed by atoms with Crippen LogP contribution in [0.4, 0.5) is 8.78 Å². The Balaban J connectivity index is 2.58. The molecular formula is C11H12F2N2. The van der Waals surface area contributed by atoms with E-state index < -0.39 is 11.6 Å². The largest absolute Gasteiger partial charge is 0.309 e. The van der Waals surface area contributed by atoms with Gasteiger partial charge in [0.25, 0.3) is 0 Å². The van der Waals surface area contributed by atoms with E-state index >= 15 is 0 Å². The first-order chi connectivity index (χ1) is 7.15. The normalized spacial score (nSPS) is 12.1. The SMILES string of the molecule is CC(CC#N)NCc1cccc(F)c1F. The molecule has 1 unspecified atom stereocenters. The highest BCUT2D eigenvalue weighted by molar-refractivity contribution is 5.18. The Bertz CT molecular complexity index is 371. The van der Waals surface area contributed by atoms with Gasteiger partial charge in [0.2, 0.25) is 0 Å². The molecule has 0 saturated carbocycles. The predicted molar refractivity (Wildman–Crippen MR) is 52.9 cm³/mol. The smallest absolute Gasteiger partial charge is 0.163 e. The number of nitrogens with one attached hydrogen (secondary N) is 1. The first-order valence-corrected chi connectivity index (χ1v) is 4.68. The van der Waals surface area contributed by atoms with E-state index in [1.165, 1.54) is 12.1 Å². The Morgan fingerprint density at radius 1 is 1.47 bits per heavy atom. The van der Waals surface area contributed by atoms with Gasteiger partial charge in [-0.1, -0.05) is 12.1 Å². The maximum absolute atomic E-state index is 13.2. The number of nitriles is 1. The van der Waals surface area contributed by atoms with Crippen molar-refractivity contribution in [3.05, 3.63) is 35.4 Å². The third-order valence-corrected chi connectivity index (χ3v) is 2.07. The molecule has 0 bridgehead atoms. The average Bonchev–Trinajstić information content (AvgIpc) is 2.21. The molecule has 0 amide bonds. The first kappa shape index (κ1) is 11.6. The summed E-state index contributed by atoms with van der Waals surface area (Å²) in [6.45, 7) is 2.05. The third kappa shape index (κ3) is 3.30. The van der Waals surface area contributed by atoms with Gasteiger partial charge in [-0.3, -0.25) is 0 Å². The number of halogens is 2. The minimum atomic E-state index is -0.845. The van der Waals surface area contributed by atoms with E-state index in [9.17, 15) is 8.78 Å². The summed E-state index contributed by atoms with van der Waals surface area (Å²) in [6.07, 6.45) is 0.344. The predicted octanol–water partition coefficient (Wildman–Crippen LogP) is 2.36. The second-order valence-corrected chi connectivity index (χ2v) is 3.36. The first-order valence-electron chi connectivity index (χ1n) is 4.68. The van der Waals surface area contributed by atoms with Crippen molar-refractivity contribution in [3.8, 4) is 6.07 Å². The Kier molecular flexibility index (Phi) is 4.19. The van der Waals surface area contributed by atoms with Crippen molar-refractivity contribution in [2.45, 2.75) is 25.9 Å². The molecular weight excluding hydrogens is 198 g/mol. The second-order valence-electron chi connectivity index (χ2n) is 3.36. The zero-order valence-electron chi connectivity index (χ0n) is 8.43. The zero-order valence-corrected chi connectivity index (χ0v) is 8.43. The Labute approximate surface area is 87.5 Å². The Morgan fingerprint density at radius 2 is 2.20 bits per heavy atom. The zero-order chi connectivity index (χ0) is 11.3. The molecule has 0 radical (unpaired) electrons. The molecule has 2 nitrogen and oxygen atoms in total. The molecule has 80 valence electrons. The minimum absolute atomic E-state index is 0.0299. The summed E-state index contributed by atoms with van der Waals surface area (Å²) in [6, 6.07) is 6.03. The standard InChI is InChI=1S/C11H12F2N2/c1-8(5-6-14)15-7-9-3-2-4-10(12)11(9)13/h2-4,8,15H,5,7H2,1H3. The lowest BCUT2D eigenvalue weighted by Crippen LogP contribution is -2.25. The lowest BCUT2D eigenvalue weighted by atomic mass is 10.2. The fourth-order valence-corrected chi connectivity index (χ4v) is 1.18. The van der Waals surface area contributed by atoms with Crippen LogP contribution in [0.1, 0.15) is 18.9 Å². The highest BCUT2D eigenvalue weighted by Gasteiger charge is 2.08. The van der Waals surface area contributed by atoms with E-state index in [4.69, 9.17) is 5.26 Å². The van der Waals surface area contributed by atoms with E-state index in [0.717, 1.165) is 6.07 Å². The Morgan fingerprint density at radius 3 is 2.87 bits per heavy atom. The molecule has 1 N–H and O–H groups in total. The monoisotopic (exact) mass is 210 g/mol. The summed E-state index contributed by atoms with van der Waals surface area (Å²) in [4.78, 5) is 0. The fourth-order valence-electron chi connectivity index (χ4n) is 1.18. The molecule has 0 aliphatic heterocycles. The van der Waals surface area contributed by atoms with Gasteiger partial charge in [0, 0.05) is 18.2 Å². The van der Waals surface area contributed by atoms with Gasteiger partial charge < -0.3 is 5.32 Å². The molecule has 0 saturated heterocycles. The van der Waals surface area contributed by atoms with Gasteiger partial charge in [-0.25, -0.2) is 8.78 Å². The van der Waals surface area contributed by atoms with Crippen molar-refractivity contribution in [2.24, 2.45) is 0 Å². The summed E-state index contributed by atoms with van der Waals surface area (Å²) in [5, 5.41) is 11.3. The van der Waals surface area contributed by atoms with Crippen molar-refractivity contribution < 1.29 is 8.78 Å². The number of hydrogen-bond acceptors (Lipinski definition) is 2. The van der Waals surface area contributed by atoms with Crippen molar-refractivity contribution >= 4 is 0 Å². The van der Waals surface area contributed by atoms with Crippen LogP contribution in [0.2, 0.25) is 0 Å². The van der Waals surface area contributed by atoms with Crippen molar-refractivity contribution in [1.82, 2.24) is 5.32 Å². The fraction of sp³-hybridized carbons (Fsp3) is 0.364. The van der Waals surface area contributed by atoms with Crippen molar-refractivity contribution in [1.29, 1.82) is 5.26 Å².